The molecule has 0 radical (unpaired) electrons. The fraction of sp³-hybridized carbons (Fsp3) is 0.250. The molecule has 0 aliphatic carbocycles. The molecule has 0 bridgehead atoms. The van der Waals surface area contributed by atoms with E-state index in [9.17, 15) is 4.79 Å². The van der Waals surface area contributed by atoms with Gasteiger partial charge in [0.2, 0.25) is 0 Å². The van der Waals surface area contributed by atoms with Gasteiger partial charge < -0.3 is 0 Å². The molecule has 2 rings (SSSR count). The van der Waals surface area contributed by atoms with Crippen molar-refractivity contribution in [2.24, 2.45) is 5.11 Å². The highest BCUT2D eigenvalue weighted by atomic mass is 16.1. The first kappa shape index (κ1) is 12.8. The monoisotopic (exact) mass is 256 g/mol. The first-order valence-corrected chi connectivity index (χ1v) is 5.69. The van der Waals surface area contributed by atoms with Crippen molar-refractivity contribution in [3.05, 3.63) is 58.2 Å². The first-order chi connectivity index (χ1) is 9.20. The Hall–Kier alpha value is -2.66. The number of benzene rings is 1. The Labute approximate surface area is 109 Å². The van der Waals surface area contributed by atoms with Gasteiger partial charge in [-0.25, -0.2) is 4.68 Å². The molecule has 0 amide bonds. The fourth-order valence-electron chi connectivity index (χ4n) is 1.69. The summed E-state index contributed by atoms with van der Waals surface area (Å²) >= 11 is 0. The van der Waals surface area contributed by atoms with E-state index in [1.807, 2.05) is 30.3 Å². The maximum Gasteiger partial charge on any atom is 0.144 e. The van der Waals surface area contributed by atoms with Gasteiger partial charge in [-0.1, -0.05) is 40.7 Å². The van der Waals surface area contributed by atoms with Crippen LogP contribution in [-0.4, -0.2) is 20.8 Å². The molecule has 0 N–H and O–H groups in total. The van der Waals surface area contributed by atoms with E-state index in [1.165, 1.54) is 6.92 Å². The van der Waals surface area contributed by atoms with Crippen molar-refractivity contribution in [3.8, 4) is 0 Å². The van der Waals surface area contributed by atoms with Crippen molar-refractivity contribution in [2.75, 3.05) is 0 Å². The van der Waals surface area contributed by atoms with E-state index in [4.69, 9.17) is 5.53 Å². The zero-order valence-corrected chi connectivity index (χ0v) is 10.3. The minimum absolute atomic E-state index is 0.260. The molecule has 7 nitrogen and oxygen atoms in total. The largest absolute Gasteiger partial charge is 0.299 e. The van der Waals surface area contributed by atoms with Crippen LogP contribution in [0.4, 0.5) is 0 Å². The second-order valence-corrected chi connectivity index (χ2v) is 4.04. The van der Waals surface area contributed by atoms with Crippen LogP contribution in [0.1, 0.15) is 24.2 Å². The van der Waals surface area contributed by atoms with Crippen molar-refractivity contribution >= 4 is 5.78 Å². The molecule has 1 heterocycles. The molecular weight excluding hydrogens is 244 g/mol. The molecule has 0 fully saturated rings. The summed E-state index contributed by atoms with van der Waals surface area (Å²) in [5.74, 6) is -0.260. The number of carbonyl (C=O) groups is 1. The molecule has 96 valence electrons. The van der Waals surface area contributed by atoms with Gasteiger partial charge in [0, 0.05) is 11.1 Å². The van der Waals surface area contributed by atoms with E-state index < -0.39 is 6.04 Å². The van der Waals surface area contributed by atoms with Crippen LogP contribution in [0.5, 0.6) is 0 Å². The summed E-state index contributed by atoms with van der Waals surface area (Å²) in [6, 6.07) is 8.84. The number of hydrogen-bond acceptors (Lipinski definition) is 4. The lowest BCUT2D eigenvalue weighted by atomic mass is 10.1. The second kappa shape index (κ2) is 5.79. The van der Waals surface area contributed by atoms with Gasteiger partial charge in [-0.2, -0.15) is 0 Å². The lowest BCUT2D eigenvalue weighted by molar-refractivity contribution is -0.118. The molecule has 2 aromatic rings. The SMILES string of the molecule is CC(=O)C(N=[N+]=[N-])c1cn(Cc2ccccc2)nn1. The molecule has 1 atom stereocenters. The lowest BCUT2D eigenvalue weighted by Crippen LogP contribution is -2.05. The molecule has 1 unspecified atom stereocenters. The van der Waals surface area contributed by atoms with Crippen LogP contribution >= 0.6 is 0 Å². The first-order valence-electron chi connectivity index (χ1n) is 5.69. The minimum atomic E-state index is -0.908. The van der Waals surface area contributed by atoms with E-state index >= 15 is 0 Å². The summed E-state index contributed by atoms with van der Waals surface area (Å²) in [4.78, 5) is 14.0. The Bertz CT molecular complexity index is 612. The van der Waals surface area contributed by atoms with Crippen LogP contribution in [0.2, 0.25) is 0 Å². The highest BCUT2D eigenvalue weighted by Gasteiger charge is 2.18. The van der Waals surface area contributed by atoms with E-state index in [2.05, 4.69) is 20.3 Å². The molecule has 7 heteroatoms. The Morgan fingerprint density at radius 2 is 2.21 bits per heavy atom. The highest BCUT2D eigenvalue weighted by Crippen LogP contribution is 2.16. The van der Waals surface area contributed by atoms with Crippen LogP contribution in [0.3, 0.4) is 0 Å². The Morgan fingerprint density at radius 1 is 1.47 bits per heavy atom. The Balaban J connectivity index is 2.19. The van der Waals surface area contributed by atoms with Crippen LogP contribution in [0, 0.1) is 0 Å². The topological polar surface area (TPSA) is 96.5 Å². The van der Waals surface area contributed by atoms with Gasteiger partial charge in [0.25, 0.3) is 0 Å². The van der Waals surface area contributed by atoms with Crippen molar-refractivity contribution < 1.29 is 4.79 Å². The molecule has 0 saturated heterocycles. The van der Waals surface area contributed by atoms with E-state index in [0.717, 1.165) is 5.56 Å². The number of nitrogens with zero attached hydrogens (tertiary/aromatic N) is 6. The molecule has 1 aromatic carbocycles. The number of rotatable bonds is 5. The molecule has 1 aromatic heterocycles. The number of carbonyl (C=O) groups excluding carboxylic acids is 1. The van der Waals surface area contributed by atoms with Crippen LogP contribution < -0.4 is 0 Å². The van der Waals surface area contributed by atoms with Gasteiger partial charge in [-0.15, -0.1) is 5.10 Å². The number of aromatic nitrogens is 3. The van der Waals surface area contributed by atoms with Gasteiger partial charge in [0.1, 0.15) is 11.8 Å². The highest BCUT2D eigenvalue weighted by molar-refractivity contribution is 5.82. The Kier molecular flexibility index (Phi) is 3.90. The van der Waals surface area contributed by atoms with Crippen molar-refractivity contribution in [3.63, 3.8) is 0 Å². The standard InChI is InChI=1S/C12H12N6O/c1-9(19)12(15-16-13)11-8-18(17-14-11)7-10-5-3-2-4-6-10/h2-6,8,12H,7H2,1H3. The maximum atomic E-state index is 11.4. The van der Waals surface area contributed by atoms with Gasteiger partial charge in [-0.05, 0) is 18.0 Å². The number of azide groups is 1. The molecule has 0 aliphatic rings. The van der Waals surface area contributed by atoms with E-state index in [1.54, 1.807) is 10.9 Å². The summed E-state index contributed by atoms with van der Waals surface area (Å²) in [5, 5.41) is 11.2. The molecule has 19 heavy (non-hydrogen) atoms. The lowest BCUT2D eigenvalue weighted by Gasteiger charge is -2.01. The number of hydrogen-bond donors (Lipinski definition) is 0. The summed E-state index contributed by atoms with van der Waals surface area (Å²) < 4.78 is 1.60. The summed E-state index contributed by atoms with van der Waals surface area (Å²) in [6.07, 6.45) is 1.62. The third-order valence-electron chi connectivity index (χ3n) is 2.58. The van der Waals surface area contributed by atoms with E-state index in [-0.39, 0.29) is 5.78 Å². The maximum absolute atomic E-state index is 11.4. The third kappa shape index (κ3) is 3.17. The Morgan fingerprint density at radius 3 is 2.84 bits per heavy atom. The molecule has 0 aliphatic heterocycles. The number of Topliss-reactive ketones (excluding diaryl/α,β-unsaturated/α-hetero) is 1. The van der Waals surface area contributed by atoms with Crippen LogP contribution in [0.25, 0.3) is 10.4 Å². The summed E-state index contributed by atoms with van der Waals surface area (Å²) in [7, 11) is 0. The molecule has 0 saturated carbocycles. The quantitative estimate of drug-likeness (QED) is 0.466. The second-order valence-electron chi connectivity index (χ2n) is 4.04. The molecular formula is C12H12N6O. The smallest absolute Gasteiger partial charge is 0.144 e. The van der Waals surface area contributed by atoms with Crippen molar-refractivity contribution in [1.82, 2.24) is 15.0 Å². The van der Waals surface area contributed by atoms with Gasteiger partial charge in [-0.3, -0.25) is 4.79 Å². The van der Waals surface area contributed by atoms with Crippen LogP contribution in [0.15, 0.2) is 41.6 Å². The molecule has 0 spiro atoms. The van der Waals surface area contributed by atoms with E-state index in [0.29, 0.717) is 12.2 Å². The van der Waals surface area contributed by atoms with Crippen molar-refractivity contribution in [1.29, 1.82) is 0 Å². The minimum Gasteiger partial charge on any atom is -0.299 e. The summed E-state index contributed by atoms with van der Waals surface area (Å²) in [6.45, 7) is 1.91. The predicted octanol–water partition coefficient (Wildman–Crippen LogP) is 2.27. The normalized spacial score (nSPS) is 11.6. The summed E-state index contributed by atoms with van der Waals surface area (Å²) in [5.41, 5.74) is 9.87. The van der Waals surface area contributed by atoms with Gasteiger partial charge >= 0.3 is 0 Å². The zero-order chi connectivity index (χ0) is 13.7. The van der Waals surface area contributed by atoms with Gasteiger partial charge in [0.15, 0.2) is 0 Å². The number of ketones is 1. The van der Waals surface area contributed by atoms with Crippen LogP contribution in [-0.2, 0) is 11.3 Å². The average Bonchev–Trinajstić information content (AvgIpc) is 2.85. The fourth-order valence-corrected chi connectivity index (χ4v) is 1.69. The predicted molar refractivity (Wildman–Crippen MR) is 68.1 cm³/mol. The van der Waals surface area contributed by atoms with Gasteiger partial charge in [0.05, 0.1) is 12.2 Å². The third-order valence-corrected chi connectivity index (χ3v) is 2.58. The zero-order valence-electron chi connectivity index (χ0n) is 10.3. The van der Waals surface area contributed by atoms with Crippen molar-refractivity contribution in [2.45, 2.75) is 19.5 Å². The average molecular weight is 256 g/mol.